The third kappa shape index (κ3) is 4.79. The van der Waals surface area contributed by atoms with Gasteiger partial charge in [0.15, 0.2) is 0 Å². The summed E-state index contributed by atoms with van der Waals surface area (Å²) < 4.78 is 20.3. The van der Waals surface area contributed by atoms with Crippen LogP contribution in [0.1, 0.15) is 30.9 Å². The quantitative estimate of drug-likeness (QED) is 0.380. The average molecular weight is 448 g/mol. The van der Waals surface area contributed by atoms with Gasteiger partial charge in [-0.3, -0.25) is 4.79 Å². The van der Waals surface area contributed by atoms with Crippen LogP contribution in [0.25, 0.3) is 0 Å². The first-order valence-electron chi connectivity index (χ1n) is 9.33. The van der Waals surface area contributed by atoms with Gasteiger partial charge in [0, 0.05) is 5.92 Å². The van der Waals surface area contributed by atoms with E-state index in [0.717, 1.165) is 5.56 Å². The van der Waals surface area contributed by atoms with Gasteiger partial charge in [-0.15, -0.1) is 0 Å². The van der Waals surface area contributed by atoms with E-state index in [4.69, 9.17) is 4.74 Å². The van der Waals surface area contributed by atoms with Crippen molar-refractivity contribution >= 4 is 27.6 Å². The summed E-state index contributed by atoms with van der Waals surface area (Å²) in [6.07, 6.45) is 1.34. The molecule has 148 valence electrons. The van der Waals surface area contributed by atoms with Crippen molar-refractivity contribution in [2.24, 2.45) is 22.9 Å². The zero-order valence-electron chi connectivity index (χ0n) is 15.6. The minimum absolute atomic E-state index is 0.00206. The van der Waals surface area contributed by atoms with Gasteiger partial charge in [0.05, 0.1) is 16.1 Å². The topological polar surface area (TPSA) is 58.9 Å². The number of ether oxygens (including phenoxy) is 1. The van der Waals surface area contributed by atoms with E-state index in [-0.39, 0.29) is 36.1 Å². The van der Waals surface area contributed by atoms with E-state index in [1.165, 1.54) is 0 Å². The van der Waals surface area contributed by atoms with Gasteiger partial charge >= 0.3 is 5.97 Å². The minimum atomic E-state index is -0.318. The second-order valence-electron chi connectivity index (χ2n) is 7.32. The Morgan fingerprint density at radius 3 is 2.71 bits per heavy atom. The molecule has 28 heavy (non-hydrogen) atoms. The molecule has 0 spiro atoms. The molecule has 0 bridgehead atoms. The van der Waals surface area contributed by atoms with Crippen LogP contribution < -0.4 is 0 Å². The summed E-state index contributed by atoms with van der Waals surface area (Å²) in [5, 5.41) is 12.9. The SMILES string of the molecule is C[C@@H]1C/C(=N\O)C(Cc2cccc(Br)c2F)CC1C(=O)OCc1ccccc1. The van der Waals surface area contributed by atoms with Crippen molar-refractivity contribution in [1.29, 1.82) is 0 Å². The Bertz CT molecular complexity index is 856. The monoisotopic (exact) mass is 447 g/mol. The molecule has 0 saturated heterocycles. The largest absolute Gasteiger partial charge is 0.461 e. The van der Waals surface area contributed by atoms with Gasteiger partial charge in [0.1, 0.15) is 12.4 Å². The lowest BCUT2D eigenvalue weighted by atomic mass is 9.72. The van der Waals surface area contributed by atoms with Crippen LogP contribution in [0.3, 0.4) is 0 Å². The Kier molecular flexibility index (Phi) is 6.83. The average Bonchev–Trinajstić information content (AvgIpc) is 2.71. The first kappa shape index (κ1) is 20.5. The van der Waals surface area contributed by atoms with Gasteiger partial charge in [-0.25, -0.2) is 4.39 Å². The highest BCUT2D eigenvalue weighted by Gasteiger charge is 2.38. The number of carbonyl (C=O) groups is 1. The molecule has 0 radical (unpaired) electrons. The number of oxime groups is 1. The second-order valence-corrected chi connectivity index (χ2v) is 8.18. The number of hydrogen-bond donors (Lipinski definition) is 1. The van der Waals surface area contributed by atoms with Crippen LogP contribution in [-0.2, 0) is 22.6 Å². The zero-order valence-corrected chi connectivity index (χ0v) is 17.2. The van der Waals surface area contributed by atoms with E-state index in [1.807, 2.05) is 37.3 Å². The maximum atomic E-state index is 14.4. The van der Waals surface area contributed by atoms with Crippen LogP contribution >= 0.6 is 15.9 Å². The number of rotatable bonds is 5. The Labute approximate surface area is 172 Å². The molecule has 3 atom stereocenters. The molecule has 1 aliphatic rings. The molecule has 1 N–H and O–H groups in total. The predicted molar refractivity (Wildman–Crippen MR) is 109 cm³/mol. The lowest BCUT2D eigenvalue weighted by Gasteiger charge is -2.33. The Hall–Kier alpha value is -2.21. The molecule has 2 aromatic rings. The lowest BCUT2D eigenvalue weighted by Crippen LogP contribution is -2.37. The molecule has 4 nitrogen and oxygen atoms in total. The smallest absolute Gasteiger partial charge is 0.309 e. The minimum Gasteiger partial charge on any atom is -0.461 e. The molecule has 0 amide bonds. The first-order valence-corrected chi connectivity index (χ1v) is 10.1. The van der Waals surface area contributed by atoms with Gasteiger partial charge in [-0.2, -0.15) is 0 Å². The molecule has 2 unspecified atom stereocenters. The number of halogens is 2. The predicted octanol–water partition coefficient (Wildman–Crippen LogP) is 5.37. The van der Waals surface area contributed by atoms with E-state index in [9.17, 15) is 14.4 Å². The Balaban J connectivity index is 1.70. The van der Waals surface area contributed by atoms with Crippen molar-refractivity contribution in [3.8, 4) is 0 Å². The summed E-state index contributed by atoms with van der Waals surface area (Å²) in [6.45, 7) is 2.18. The van der Waals surface area contributed by atoms with Gasteiger partial charge in [-0.05, 0) is 58.3 Å². The number of benzene rings is 2. The standard InChI is InChI=1S/C22H23BrFNO3/c1-14-10-20(25-27)17(11-16-8-5-9-19(23)21(16)24)12-18(14)22(26)28-13-15-6-3-2-4-7-15/h2-9,14,17-18,27H,10-13H2,1H3/b25-20+/t14-,17?,18?/m1/s1. The van der Waals surface area contributed by atoms with Crippen molar-refractivity contribution in [3.05, 3.63) is 69.9 Å². The van der Waals surface area contributed by atoms with Crippen LogP contribution in [0.5, 0.6) is 0 Å². The van der Waals surface area contributed by atoms with Gasteiger partial charge in [0.25, 0.3) is 0 Å². The summed E-state index contributed by atoms with van der Waals surface area (Å²) in [5.41, 5.74) is 2.08. The fraction of sp³-hybridized carbons (Fsp3) is 0.364. The van der Waals surface area contributed by atoms with E-state index >= 15 is 0 Å². The third-order valence-electron chi connectivity index (χ3n) is 5.38. The maximum absolute atomic E-state index is 14.4. The maximum Gasteiger partial charge on any atom is 0.309 e. The molecule has 6 heteroatoms. The number of carbonyl (C=O) groups excluding carboxylic acids is 1. The van der Waals surface area contributed by atoms with Crippen LogP contribution in [-0.4, -0.2) is 16.9 Å². The van der Waals surface area contributed by atoms with E-state index in [1.54, 1.807) is 18.2 Å². The first-order chi connectivity index (χ1) is 13.5. The van der Waals surface area contributed by atoms with Crippen molar-refractivity contribution in [1.82, 2.24) is 0 Å². The molecule has 1 aliphatic carbocycles. The summed E-state index contributed by atoms with van der Waals surface area (Å²) in [4.78, 5) is 12.7. The van der Waals surface area contributed by atoms with Crippen LogP contribution in [0, 0.1) is 23.6 Å². The molecule has 0 aromatic heterocycles. The molecule has 0 heterocycles. The van der Waals surface area contributed by atoms with Gasteiger partial charge in [0.2, 0.25) is 0 Å². The molecule has 0 aliphatic heterocycles. The molecule has 2 aromatic carbocycles. The highest BCUT2D eigenvalue weighted by Crippen LogP contribution is 2.36. The fourth-order valence-electron chi connectivity index (χ4n) is 3.77. The molecular weight excluding hydrogens is 425 g/mol. The molecule has 1 saturated carbocycles. The van der Waals surface area contributed by atoms with Crippen molar-refractivity contribution < 1.29 is 19.1 Å². The highest BCUT2D eigenvalue weighted by atomic mass is 79.9. The van der Waals surface area contributed by atoms with Gasteiger partial charge < -0.3 is 9.94 Å². The van der Waals surface area contributed by atoms with Crippen molar-refractivity contribution in [2.45, 2.75) is 32.8 Å². The summed E-state index contributed by atoms with van der Waals surface area (Å²) in [7, 11) is 0. The Morgan fingerprint density at radius 2 is 2.00 bits per heavy atom. The van der Waals surface area contributed by atoms with Crippen LogP contribution in [0.4, 0.5) is 4.39 Å². The fourth-order valence-corrected chi connectivity index (χ4v) is 4.18. The van der Waals surface area contributed by atoms with Gasteiger partial charge in [-0.1, -0.05) is 54.5 Å². The van der Waals surface area contributed by atoms with Crippen LogP contribution in [0.2, 0.25) is 0 Å². The van der Waals surface area contributed by atoms with E-state index in [0.29, 0.717) is 35.0 Å². The lowest BCUT2D eigenvalue weighted by molar-refractivity contribution is -0.152. The molecular formula is C22H23BrFNO3. The number of esters is 1. The second kappa shape index (κ2) is 9.32. The Morgan fingerprint density at radius 1 is 1.25 bits per heavy atom. The summed E-state index contributed by atoms with van der Waals surface area (Å²) in [6, 6.07) is 14.7. The van der Waals surface area contributed by atoms with E-state index < -0.39 is 0 Å². The van der Waals surface area contributed by atoms with Crippen molar-refractivity contribution in [2.75, 3.05) is 0 Å². The summed E-state index contributed by atoms with van der Waals surface area (Å²) >= 11 is 3.20. The molecule has 3 rings (SSSR count). The number of nitrogens with zero attached hydrogens (tertiary/aromatic N) is 1. The van der Waals surface area contributed by atoms with Crippen LogP contribution in [0.15, 0.2) is 58.2 Å². The molecule has 1 fully saturated rings. The summed E-state index contributed by atoms with van der Waals surface area (Å²) in [5.74, 6) is -1.10. The normalized spacial score (nSPS) is 23.5. The zero-order chi connectivity index (χ0) is 20.1. The third-order valence-corrected chi connectivity index (χ3v) is 5.99. The number of hydrogen-bond acceptors (Lipinski definition) is 4. The van der Waals surface area contributed by atoms with E-state index in [2.05, 4.69) is 21.1 Å². The van der Waals surface area contributed by atoms with Crippen molar-refractivity contribution in [3.63, 3.8) is 0 Å². The highest BCUT2D eigenvalue weighted by molar-refractivity contribution is 9.10.